The monoisotopic (exact) mass is 445 g/mol. The lowest BCUT2D eigenvalue weighted by atomic mass is 10.2. The highest BCUT2D eigenvalue weighted by atomic mass is 16.5. The van der Waals surface area contributed by atoms with Crippen molar-refractivity contribution in [2.45, 2.75) is 44.6 Å². The average Bonchev–Trinajstić information content (AvgIpc) is 3.55. The summed E-state index contributed by atoms with van der Waals surface area (Å²) in [4.78, 5) is 28.7. The number of hydrogen-bond acceptors (Lipinski definition) is 8. The quantitative estimate of drug-likeness (QED) is 0.589. The molecule has 9 heteroatoms. The van der Waals surface area contributed by atoms with Gasteiger partial charge in [-0.2, -0.15) is 10.2 Å². The first kappa shape index (κ1) is 21.3. The summed E-state index contributed by atoms with van der Waals surface area (Å²) in [6.45, 7) is 3.84. The van der Waals surface area contributed by atoms with Crippen molar-refractivity contribution < 1.29 is 4.74 Å². The molecule has 2 fully saturated rings. The molecule has 9 nitrogen and oxygen atoms in total. The maximum atomic E-state index is 12.9. The fourth-order valence-corrected chi connectivity index (χ4v) is 4.72. The van der Waals surface area contributed by atoms with Crippen LogP contribution in [0.5, 0.6) is 5.88 Å². The van der Waals surface area contributed by atoms with Crippen LogP contribution in [0.25, 0.3) is 11.0 Å². The molecule has 0 atom stereocenters. The van der Waals surface area contributed by atoms with Crippen LogP contribution in [0.2, 0.25) is 0 Å². The Labute approximate surface area is 192 Å². The van der Waals surface area contributed by atoms with Crippen LogP contribution in [-0.4, -0.2) is 50.7 Å². The minimum atomic E-state index is -0.279. The molecule has 3 aromatic heterocycles. The number of nitrogens with zero attached hydrogens (tertiary/aromatic N) is 6. The number of nitrogens with one attached hydrogen (secondary N) is 1. The zero-order valence-electron chi connectivity index (χ0n) is 18.5. The Bertz CT molecular complexity index is 1220. The van der Waals surface area contributed by atoms with E-state index in [0.29, 0.717) is 29.5 Å². The number of nitriles is 1. The summed E-state index contributed by atoms with van der Waals surface area (Å²) >= 11 is 0. The van der Waals surface area contributed by atoms with Crippen LogP contribution in [0.4, 0.5) is 11.6 Å². The highest BCUT2D eigenvalue weighted by molar-refractivity contribution is 5.77. The highest BCUT2D eigenvalue weighted by Gasteiger charge is 2.22. The lowest BCUT2D eigenvalue weighted by Gasteiger charge is -2.17. The van der Waals surface area contributed by atoms with Crippen molar-refractivity contribution in [2.24, 2.45) is 0 Å². The van der Waals surface area contributed by atoms with Gasteiger partial charge >= 0.3 is 0 Å². The molecule has 1 aliphatic heterocycles. The third-order valence-corrected chi connectivity index (χ3v) is 6.43. The summed E-state index contributed by atoms with van der Waals surface area (Å²) < 4.78 is 7.45. The van der Waals surface area contributed by atoms with E-state index >= 15 is 0 Å². The van der Waals surface area contributed by atoms with Gasteiger partial charge in [-0.1, -0.05) is 12.8 Å². The first-order valence-electron chi connectivity index (χ1n) is 11.6. The molecule has 3 aromatic rings. The van der Waals surface area contributed by atoms with Crippen LogP contribution in [0.1, 0.15) is 50.1 Å². The predicted octanol–water partition coefficient (Wildman–Crippen LogP) is 3.39. The Morgan fingerprint density at radius 1 is 1.12 bits per heavy atom. The zero-order valence-corrected chi connectivity index (χ0v) is 18.5. The van der Waals surface area contributed by atoms with E-state index in [1.165, 1.54) is 12.8 Å². The maximum Gasteiger partial charge on any atom is 0.270 e. The van der Waals surface area contributed by atoms with E-state index in [0.717, 1.165) is 51.0 Å². The zero-order chi connectivity index (χ0) is 22.6. The molecule has 170 valence electrons. The molecule has 1 N–H and O–H groups in total. The van der Waals surface area contributed by atoms with Gasteiger partial charge in [-0.3, -0.25) is 14.3 Å². The lowest BCUT2D eigenvalue weighted by molar-refractivity contribution is 0.232. The molecule has 0 amide bonds. The third-order valence-electron chi connectivity index (χ3n) is 6.43. The van der Waals surface area contributed by atoms with E-state index in [1.807, 2.05) is 18.2 Å². The van der Waals surface area contributed by atoms with Crippen LogP contribution >= 0.6 is 0 Å². The van der Waals surface area contributed by atoms with Gasteiger partial charge in [0, 0.05) is 30.2 Å². The fourth-order valence-electron chi connectivity index (χ4n) is 4.72. The molecule has 0 radical (unpaired) electrons. The van der Waals surface area contributed by atoms with Crippen LogP contribution in [0.3, 0.4) is 0 Å². The summed E-state index contributed by atoms with van der Waals surface area (Å²) in [6.07, 6.45) is 9.85. The highest BCUT2D eigenvalue weighted by Crippen LogP contribution is 2.30. The van der Waals surface area contributed by atoms with Crippen LogP contribution < -0.4 is 15.6 Å². The summed E-state index contributed by atoms with van der Waals surface area (Å²) in [5.74, 6) is 0.959. The van der Waals surface area contributed by atoms with Gasteiger partial charge in [0.2, 0.25) is 11.8 Å². The molecule has 33 heavy (non-hydrogen) atoms. The molecule has 0 aromatic carbocycles. The molecule has 1 aliphatic carbocycles. The van der Waals surface area contributed by atoms with Crippen molar-refractivity contribution in [2.75, 3.05) is 31.6 Å². The van der Waals surface area contributed by atoms with Gasteiger partial charge in [0.1, 0.15) is 23.9 Å². The van der Waals surface area contributed by atoms with E-state index in [1.54, 1.807) is 23.0 Å². The second-order valence-corrected chi connectivity index (χ2v) is 8.66. The summed E-state index contributed by atoms with van der Waals surface area (Å²) in [6, 6.07) is 7.34. The molecule has 1 saturated heterocycles. The number of ether oxygens (including phenoxy) is 1. The molecule has 1 saturated carbocycles. The van der Waals surface area contributed by atoms with E-state index in [2.05, 4.69) is 25.2 Å². The Morgan fingerprint density at radius 2 is 1.94 bits per heavy atom. The van der Waals surface area contributed by atoms with Crippen LogP contribution in [0.15, 0.2) is 35.4 Å². The molecule has 0 unspecified atom stereocenters. The van der Waals surface area contributed by atoms with Crippen molar-refractivity contribution in [3.63, 3.8) is 0 Å². The van der Waals surface area contributed by atoms with E-state index < -0.39 is 0 Å². The van der Waals surface area contributed by atoms with Gasteiger partial charge < -0.3 is 10.1 Å². The standard InChI is InChI=1S/C24H27N7O2/c25-14-17-13-18-15-27-24(29-22(18)31(23(17)32)20-5-1-2-6-20)28-19-7-8-21(26-16-19)33-12-11-30-9-3-4-10-30/h7-8,13,15-16,20H,1-6,9-12H2,(H,27,28,29). The number of fused-ring (bicyclic) bond motifs is 1. The van der Waals surface area contributed by atoms with E-state index in [-0.39, 0.29) is 17.2 Å². The third kappa shape index (κ3) is 4.66. The Hall–Kier alpha value is -3.51. The van der Waals surface area contributed by atoms with Crippen molar-refractivity contribution >= 4 is 22.7 Å². The summed E-state index contributed by atoms with van der Waals surface area (Å²) in [5, 5.41) is 13.2. The average molecular weight is 446 g/mol. The Kier molecular flexibility index (Phi) is 6.17. The topological polar surface area (TPSA) is 109 Å². The normalized spacial score (nSPS) is 16.8. The van der Waals surface area contributed by atoms with Gasteiger partial charge in [0.15, 0.2) is 0 Å². The Balaban J connectivity index is 1.33. The maximum absolute atomic E-state index is 12.9. The minimum absolute atomic E-state index is 0.0645. The number of pyridine rings is 2. The predicted molar refractivity (Wildman–Crippen MR) is 125 cm³/mol. The first-order valence-corrected chi connectivity index (χ1v) is 11.6. The number of likely N-dealkylation sites (tertiary alicyclic amines) is 1. The molecular formula is C24H27N7O2. The second-order valence-electron chi connectivity index (χ2n) is 8.66. The van der Waals surface area contributed by atoms with Crippen molar-refractivity contribution in [3.8, 4) is 11.9 Å². The van der Waals surface area contributed by atoms with E-state index in [4.69, 9.17) is 4.74 Å². The SMILES string of the molecule is N#Cc1cc2cnc(Nc3ccc(OCCN4CCCC4)nc3)nc2n(C2CCCC2)c1=O. The summed E-state index contributed by atoms with van der Waals surface area (Å²) in [5.41, 5.74) is 1.13. The second kappa shape index (κ2) is 9.55. The molecule has 5 rings (SSSR count). The van der Waals surface area contributed by atoms with Gasteiger partial charge in [-0.05, 0) is 50.9 Å². The van der Waals surface area contributed by atoms with Crippen LogP contribution in [0, 0.1) is 11.3 Å². The van der Waals surface area contributed by atoms with Crippen LogP contribution in [-0.2, 0) is 0 Å². The van der Waals surface area contributed by atoms with Gasteiger partial charge in [-0.15, -0.1) is 0 Å². The summed E-state index contributed by atoms with van der Waals surface area (Å²) in [7, 11) is 0. The Morgan fingerprint density at radius 3 is 2.67 bits per heavy atom. The van der Waals surface area contributed by atoms with Gasteiger partial charge in [0.25, 0.3) is 5.56 Å². The van der Waals surface area contributed by atoms with Crippen molar-refractivity contribution in [1.29, 1.82) is 5.26 Å². The smallest absolute Gasteiger partial charge is 0.270 e. The van der Waals surface area contributed by atoms with Crippen molar-refractivity contribution in [1.82, 2.24) is 24.4 Å². The molecule has 4 heterocycles. The molecular weight excluding hydrogens is 418 g/mol. The van der Waals surface area contributed by atoms with Crippen molar-refractivity contribution in [3.05, 3.63) is 46.5 Å². The van der Waals surface area contributed by atoms with E-state index in [9.17, 15) is 10.1 Å². The fraction of sp³-hybridized carbons (Fsp3) is 0.458. The van der Waals surface area contributed by atoms with Gasteiger partial charge in [0.05, 0.1) is 11.9 Å². The number of rotatable bonds is 7. The first-order chi connectivity index (χ1) is 16.2. The number of hydrogen-bond donors (Lipinski definition) is 1. The molecule has 0 bridgehead atoms. The largest absolute Gasteiger partial charge is 0.476 e. The lowest BCUT2D eigenvalue weighted by Crippen LogP contribution is -2.26. The van der Waals surface area contributed by atoms with Gasteiger partial charge in [-0.25, -0.2) is 9.97 Å². The number of aromatic nitrogens is 4. The molecule has 2 aliphatic rings. The minimum Gasteiger partial charge on any atom is -0.476 e. The molecule has 0 spiro atoms. The number of anilines is 2.